The van der Waals surface area contributed by atoms with Crippen LogP contribution in [-0.4, -0.2) is 10.9 Å². The number of aromatic nitrogens is 2. The summed E-state index contributed by atoms with van der Waals surface area (Å²) in [6.45, 7) is 1.97. The van der Waals surface area contributed by atoms with E-state index in [1.807, 2.05) is 36.4 Å². The molecular formula is C7H11N2O+. The molecule has 10 heavy (non-hydrogen) atoms. The zero-order valence-electron chi connectivity index (χ0n) is 6.46. The van der Waals surface area contributed by atoms with Gasteiger partial charge in [0.1, 0.15) is 6.20 Å². The molecule has 3 nitrogen and oxygen atoms in total. The predicted octanol–water partition coefficient (Wildman–Crippen LogP) is -0.0295. The second kappa shape index (κ2) is 2.25. The fourth-order valence-electron chi connectivity index (χ4n) is 0.911. The van der Waals surface area contributed by atoms with Gasteiger partial charge in [0.05, 0.1) is 14.1 Å². The first-order valence-corrected chi connectivity index (χ1v) is 3.14. The Bertz CT molecular complexity index is 263. The number of aryl methyl sites for hydroxylation is 1. The summed E-state index contributed by atoms with van der Waals surface area (Å²) in [6, 6.07) is 0. The van der Waals surface area contributed by atoms with Crippen LogP contribution in [0.3, 0.4) is 0 Å². The summed E-state index contributed by atoms with van der Waals surface area (Å²) in [5, 5.41) is 0. The summed E-state index contributed by atoms with van der Waals surface area (Å²) in [6.07, 6.45) is 2.66. The number of carbonyl (C=O) groups is 1. The van der Waals surface area contributed by atoms with E-state index in [4.69, 9.17) is 0 Å². The molecule has 0 bridgehead atoms. The molecule has 1 heterocycles. The van der Waals surface area contributed by atoms with Crippen molar-refractivity contribution in [3.8, 4) is 0 Å². The van der Waals surface area contributed by atoms with E-state index in [2.05, 4.69) is 0 Å². The summed E-state index contributed by atoms with van der Waals surface area (Å²) in [5.41, 5.74) is 0.708. The van der Waals surface area contributed by atoms with Gasteiger partial charge in [-0.2, -0.15) is 0 Å². The van der Waals surface area contributed by atoms with Gasteiger partial charge < -0.3 is 0 Å². The van der Waals surface area contributed by atoms with Gasteiger partial charge >= 0.3 is 0 Å². The van der Waals surface area contributed by atoms with Crippen LogP contribution in [0.15, 0.2) is 6.20 Å². The third kappa shape index (κ3) is 0.835. The maximum Gasteiger partial charge on any atom is 0.253 e. The van der Waals surface area contributed by atoms with Crippen molar-refractivity contribution in [1.29, 1.82) is 0 Å². The monoisotopic (exact) mass is 139 g/mol. The van der Waals surface area contributed by atoms with Crippen LogP contribution in [0.25, 0.3) is 0 Å². The van der Waals surface area contributed by atoms with Crippen molar-refractivity contribution in [1.82, 2.24) is 4.57 Å². The maximum absolute atomic E-state index is 10.4. The van der Waals surface area contributed by atoms with Gasteiger partial charge in [0.15, 0.2) is 6.29 Å². The van der Waals surface area contributed by atoms with Crippen LogP contribution in [0, 0.1) is 6.92 Å². The first-order chi connectivity index (χ1) is 4.66. The summed E-state index contributed by atoms with van der Waals surface area (Å²) >= 11 is 0. The minimum absolute atomic E-state index is 0.708. The molecule has 0 spiro atoms. The van der Waals surface area contributed by atoms with Crippen molar-refractivity contribution in [3.05, 3.63) is 17.7 Å². The Labute approximate surface area is 59.9 Å². The molecule has 0 radical (unpaired) electrons. The number of rotatable bonds is 1. The minimum atomic E-state index is 0.708. The standard InChI is InChI=1S/C7H11N2O/c1-6-8(2)4-7(5-10)9(6)3/h4-5H,1-3H3/q+1. The van der Waals surface area contributed by atoms with Crippen molar-refractivity contribution in [2.75, 3.05) is 0 Å². The molecule has 0 saturated heterocycles. The van der Waals surface area contributed by atoms with Gasteiger partial charge in [-0.1, -0.05) is 0 Å². The second-order valence-corrected chi connectivity index (χ2v) is 2.39. The largest absolute Gasteiger partial charge is 0.294 e. The summed E-state index contributed by atoms with van der Waals surface area (Å²) in [4.78, 5) is 10.4. The Kier molecular flexibility index (Phi) is 1.57. The number of hydrogen-bond donors (Lipinski definition) is 0. The molecule has 0 aromatic carbocycles. The van der Waals surface area contributed by atoms with Crippen molar-refractivity contribution < 1.29 is 9.36 Å². The topological polar surface area (TPSA) is 25.9 Å². The lowest BCUT2D eigenvalue weighted by Gasteiger charge is -1.86. The number of nitrogens with zero attached hydrogens (tertiary/aromatic N) is 2. The van der Waals surface area contributed by atoms with Gasteiger partial charge in [-0.15, -0.1) is 0 Å². The van der Waals surface area contributed by atoms with Crippen LogP contribution in [0.4, 0.5) is 0 Å². The Morgan fingerprint density at radius 2 is 2.30 bits per heavy atom. The molecule has 1 rings (SSSR count). The molecule has 0 atom stereocenters. The van der Waals surface area contributed by atoms with Crippen LogP contribution in [0.2, 0.25) is 0 Å². The van der Waals surface area contributed by atoms with Gasteiger partial charge in [0.2, 0.25) is 5.69 Å². The first kappa shape index (κ1) is 6.99. The van der Waals surface area contributed by atoms with Crippen LogP contribution < -0.4 is 4.57 Å². The maximum atomic E-state index is 10.4. The highest BCUT2D eigenvalue weighted by Gasteiger charge is 2.11. The summed E-state index contributed by atoms with van der Waals surface area (Å²) in [5.74, 6) is 1.07. The molecule has 0 saturated carbocycles. The highest BCUT2D eigenvalue weighted by Crippen LogP contribution is 1.94. The molecule has 0 aliphatic rings. The number of aldehydes is 1. The average molecular weight is 139 g/mol. The molecule has 1 aromatic heterocycles. The third-order valence-electron chi connectivity index (χ3n) is 1.83. The molecule has 0 N–H and O–H groups in total. The Hall–Kier alpha value is -1.12. The molecule has 0 unspecified atom stereocenters. The van der Waals surface area contributed by atoms with Gasteiger partial charge in [0.25, 0.3) is 5.82 Å². The van der Waals surface area contributed by atoms with Crippen LogP contribution >= 0.6 is 0 Å². The molecular weight excluding hydrogens is 128 g/mol. The lowest BCUT2D eigenvalue weighted by Crippen LogP contribution is -2.29. The fraction of sp³-hybridized carbons (Fsp3) is 0.429. The van der Waals surface area contributed by atoms with E-state index in [1.54, 1.807) is 0 Å². The molecule has 1 aromatic rings. The smallest absolute Gasteiger partial charge is 0.253 e. The van der Waals surface area contributed by atoms with E-state index in [0.29, 0.717) is 5.69 Å². The van der Waals surface area contributed by atoms with Crippen molar-refractivity contribution in [2.24, 2.45) is 14.1 Å². The quantitative estimate of drug-likeness (QED) is 0.396. The van der Waals surface area contributed by atoms with Gasteiger partial charge in [0, 0.05) is 6.92 Å². The van der Waals surface area contributed by atoms with Crippen molar-refractivity contribution in [2.45, 2.75) is 6.92 Å². The zero-order valence-corrected chi connectivity index (χ0v) is 6.46. The van der Waals surface area contributed by atoms with E-state index in [0.717, 1.165) is 12.1 Å². The predicted molar refractivity (Wildman–Crippen MR) is 36.7 cm³/mol. The highest BCUT2D eigenvalue weighted by molar-refractivity contribution is 5.71. The SMILES string of the molecule is Cc1n(C)c(C=O)c[n+]1C. The lowest BCUT2D eigenvalue weighted by atomic mass is 10.5. The normalized spacial score (nSPS) is 9.90. The number of hydrogen-bond acceptors (Lipinski definition) is 1. The molecule has 0 fully saturated rings. The Balaban J connectivity index is 3.30. The molecule has 0 aliphatic heterocycles. The summed E-state index contributed by atoms with van der Waals surface area (Å²) in [7, 11) is 3.79. The zero-order chi connectivity index (χ0) is 7.72. The third-order valence-corrected chi connectivity index (χ3v) is 1.83. The average Bonchev–Trinajstić information content (AvgIpc) is 2.17. The van der Waals surface area contributed by atoms with E-state index in [-0.39, 0.29) is 0 Å². The van der Waals surface area contributed by atoms with Gasteiger partial charge in [-0.25, -0.2) is 9.13 Å². The Morgan fingerprint density at radius 1 is 1.70 bits per heavy atom. The number of carbonyl (C=O) groups excluding carboxylic acids is 1. The van der Waals surface area contributed by atoms with Crippen LogP contribution in [-0.2, 0) is 14.1 Å². The molecule has 54 valence electrons. The second-order valence-electron chi connectivity index (χ2n) is 2.39. The van der Waals surface area contributed by atoms with E-state index in [1.165, 1.54) is 0 Å². The lowest BCUT2D eigenvalue weighted by molar-refractivity contribution is -0.677. The van der Waals surface area contributed by atoms with E-state index in [9.17, 15) is 4.79 Å². The van der Waals surface area contributed by atoms with E-state index < -0.39 is 0 Å². The van der Waals surface area contributed by atoms with E-state index >= 15 is 0 Å². The minimum Gasteiger partial charge on any atom is -0.294 e. The van der Waals surface area contributed by atoms with Crippen LogP contribution in [0.5, 0.6) is 0 Å². The first-order valence-electron chi connectivity index (χ1n) is 3.14. The van der Waals surface area contributed by atoms with Gasteiger partial charge in [-0.05, 0) is 0 Å². The molecule has 0 amide bonds. The molecule has 0 aliphatic carbocycles. The van der Waals surface area contributed by atoms with Crippen molar-refractivity contribution in [3.63, 3.8) is 0 Å². The number of imidazole rings is 1. The molecule has 3 heteroatoms. The summed E-state index contributed by atoms with van der Waals surface area (Å²) < 4.78 is 3.77. The van der Waals surface area contributed by atoms with Crippen molar-refractivity contribution >= 4 is 6.29 Å². The fourth-order valence-corrected chi connectivity index (χ4v) is 0.911. The Morgan fingerprint density at radius 3 is 2.50 bits per heavy atom. The van der Waals surface area contributed by atoms with Gasteiger partial charge in [-0.3, -0.25) is 4.79 Å². The van der Waals surface area contributed by atoms with Crippen LogP contribution in [0.1, 0.15) is 16.3 Å². The highest BCUT2D eigenvalue weighted by atomic mass is 16.1.